The van der Waals surface area contributed by atoms with E-state index in [1.807, 2.05) is 17.8 Å². The molecule has 1 aromatic rings. The highest BCUT2D eigenvalue weighted by Crippen LogP contribution is 2.30. The number of carbonyl (C=O) groups is 1. The summed E-state index contributed by atoms with van der Waals surface area (Å²) in [5, 5.41) is 13.3. The molecule has 110 valence electrons. The van der Waals surface area contributed by atoms with Crippen LogP contribution >= 0.6 is 27.7 Å². The van der Waals surface area contributed by atoms with Crippen LogP contribution in [0.1, 0.15) is 42.1 Å². The van der Waals surface area contributed by atoms with Crippen molar-refractivity contribution in [1.82, 2.24) is 5.32 Å². The van der Waals surface area contributed by atoms with Crippen LogP contribution < -0.4 is 5.32 Å². The standard InChI is InChI=1S/C15H20BrNO2S/c1-2-20-14-5-3-4-13(14)17-9-11-7-6-10(15(18)19)8-12(11)16/h6-8,13-14,17H,2-5,9H2,1H3,(H,18,19). The predicted molar refractivity (Wildman–Crippen MR) is 87.5 cm³/mol. The molecule has 2 rings (SSSR count). The van der Waals surface area contributed by atoms with Crippen molar-refractivity contribution in [2.45, 2.75) is 44.0 Å². The minimum Gasteiger partial charge on any atom is -0.478 e. The summed E-state index contributed by atoms with van der Waals surface area (Å²) in [7, 11) is 0. The van der Waals surface area contributed by atoms with Crippen molar-refractivity contribution in [2.75, 3.05) is 5.75 Å². The summed E-state index contributed by atoms with van der Waals surface area (Å²) in [6, 6.07) is 5.80. The van der Waals surface area contributed by atoms with E-state index < -0.39 is 5.97 Å². The smallest absolute Gasteiger partial charge is 0.335 e. The van der Waals surface area contributed by atoms with Gasteiger partial charge >= 0.3 is 5.97 Å². The molecule has 1 aromatic carbocycles. The van der Waals surface area contributed by atoms with Crippen molar-refractivity contribution in [1.29, 1.82) is 0 Å². The number of halogens is 1. The molecule has 0 amide bonds. The molecule has 1 fully saturated rings. The van der Waals surface area contributed by atoms with Crippen molar-refractivity contribution in [3.05, 3.63) is 33.8 Å². The molecule has 2 N–H and O–H groups in total. The van der Waals surface area contributed by atoms with Gasteiger partial charge in [-0.15, -0.1) is 0 Å². The van der Waals surface area contributed by atoms with Crippen LogP contribution in [0.2, 0.25) is 0 Å². The lowest BCUT2D eigenvalue weighted by molar-refractivity contribution is 0.0697. The normalized spacial score (nSPS) is 22.1. The quantitative estimate of drug-likeness (QED) is 0.810. The van der Waals surface area contributed by atoms with Gasteiger partial charge in [-0.05, 0) is 36.3 Å². The van der Waals surface area contributed by atoms with Gasteiger partial charge in [0.1, 0.15) is 0 Å². The molecule has 0 saturated heterocycles. The van der Waals surface area contributed by atoms with Gasteiger partial charge in [0, 0.05) is 22.3 Å². The molecule has 3 nitrogen and oxygen atoms in total. The van der Waals surface area contributed by atoms with Gasteiger partial charge < -0.3 is 10.4 Å². The Morgan fingerprint density at radius 3 is 2.95 bits per heavy atom. The van der Waals surface area contributed by atoms with Crippen LogP contribution in [0.25, 0.3) is 0 Å². The van der Waals surface area contributed by atoms with Gasteiger partial charge in [0.2, 0.25) is 0 Å². The molecule has 1 aliphatic rings. The summed E-state index contributed by atoms with van der Waals surface area (Å²) in [6.07, 6.45) is 3.84. The number of hydrogen-bond acceptors (Lipinski definition) is 3. The van der Waals surface area contributed by atoms with Gasteiger partial charge in [-0.1, -0.05) is 35.3 Å². The van der Waals surface area contributed by atoms with E-state index in [0.29, 0.717) is 11.6 Å². The van der Waals surface area contributed by atoms with E-state index in [0.717, 1.165) is 21.8 Å². The first-order valence-corrected chi connectivity index (χ1v) is 8.82. The summed E-state index contributed by atoms with van der Waals surface area (Å²) in [4.78, 5) is 10.9. The van der Waals surface area contributed by atoms with Crippen molar-refractivity contribution in [3.63, 3.8) is 0 Å². The third kappa shape index (κ3) is 3.99. The van der Waals surface area contributed by atoms with Crippen LogP contribution in [0.3, 0.4) is 0 Å². The van der Waals surface area contributed by atoms with E-state index >= 15 is 0 Å². The number of rotatable bonds is 6. The zero-order chi connectivity index (χ0) is 14.5. The monoisotopic (exact) mass is 357 g/mol. The lowest BCUT2D eigenvalue weighted by Gasteiger charge is -2.20. The van der Waals surface area contributed by atoms with E-state index in [1.54, 1.807) is 12.1 Å². The maximum Gasteiger partial charge on any atom is 0.335 e. The zero-order valence-corrected chi connectivity index (χ0v) is 14.0. The molecule has 0 heterocycles. The summed E-state index contributed by atoms with van der Waals surface area (Å²) in [5.41, 5.74) is 1.43. The Labute approximate surface area is 132 Å². The van der Waals surface area contributed by atoms with Crippen molar-refractivity contribution >= 4 is 33.7 Å². The Morgan fingerprint density at radius 1 is 1.50 bits per heavy atom. The number of nitrogens with one attached hydrogen (secondary N) is 1. The Balaban J connectivity index is 1.95. The van der Waals surface area contributed by atoms with Crippen LogP contribution in [0.4, 0.5) is 0 Å². The predicted octanol–water partition coefficient (Wildman–Crippen LogP) is 3.91. The third-order valence-electron chi connectivity index (χ3n) is 3.69. The molecule has 0 aliphatic heterocycles. The number of aromatic carboxylic acids is 1. The maximum atomic E-state index is 10.9. The van der Waals surface area contributed by atoms with Crippen LogP contribution in [0, 0.1) is 0 Å². The molecule has 0 radical (unpaired) electrons. The lowest BCUT2D eigenvalue weighted by Crippen LogP contribution is -2.33. The molecule has 20 heavy (non-hydrogen) atoms. The molecule has 0 aromatic heterocycles. The van der Waals surface area contributed by atoms with Gasteiger partial charge in [0.05, 0.1) is 5.56 Å². The van der Waals surface area contributed by atoms with Gasteiger partial charge in [0.25, 0.3) is 0 Å². The first-order valence-electron chi connectivity index (χ1n) is 6.98. The summed E-state index contributed by atoms with van der Waals surface area (Å²) in [6.45, 7) is 2.99. The average Bonchev–Trinajstić information content (AvgIpc) is 2.85. The Bertz CT molecular complexity index is 481. The van der Waals surface area contributed by atoms with Gasteiger partial charge in [-0.3, -0.25) is 0 Å². The first-order chi connectivity index (χ1) is 9.61. The number of carboxylic acids is 1. The second-order valence-corrected chi connectivity index (χ2v) is 7.39. The largest absolute Gasteiger partial charge is 0.478 e. The van der Waals surface area contributed by atoms with Crippen LogP contribution in [0.15, 0.2) is 22.7 Å². The molecular formula is C15H20BrNO2S. The van der Waals surface area contributed by atoms with E-state index in [-0.39, 0.29) is 0 Å². The third-order valence-corrected chi connectivity index (χ3v) is 5.75. The molecule has 2 unspecified atom stereocenters. The molecule has 5 heteroatoms. The fourth-order valence-corrected chi connectivity index (χ4v) is 4.38. The summed E-state index contributed by atoms with van der Waals surface area (Å²) < 4.78 is 0.864. The highest BCUT2D eigenvalue weighted by molar-refractivity contribution is 9.10. The molecular weight excluding hydrogens is 338 g/mol. The summed E-state index contributed by atoms with van der Waals surface area (Å²) in [5.74, 6) is 0.278. The van der Waals surface area contributed by atoms with E-state index in [1.165, 1.54) is 25.0 Å². The molecule has 1 aliphatic carbocycles. The van der Waals surface area contributed by atoms with E-state index in [4.69, 9.17) is 5.11 Å². The first kappa shape index (κ1) is 15.9. The number of thioether (sulfide) groups is 1. The minimum absolute atomic E-state index is 0.320. The van der Waals surface area contributed by atoms with Crippen molar-refractivity contribution < 1.29 is 9.90 Å². The van der Waals surface area contributed by atoms with Crippen LogP contribution in [0.5, 0.6) is 0 Å². The second-order valence-electron chi connectivity index (χ2n) is 5.02. The summed E-state index contributed by atoms with van der Waals surface area (Å²) >= 11 is 5.50. The Morgan fingerprint density at radius 2 is 2.30 bits per heavy atom. The van der Waals surface area contributed by atoms with Gasteiger partial charge in [-0.25, -0.2) is 4.79 Å². The molecule has 0 bridgehead atoms. The van der Waals surface area contributed by atoms with E-state index in [2.05, 4.69) is 28.2 Å². The SMILES string of the molecule is CCSC1CCCC1NCc1ccc(C(=O)O)cc1Br. The Hall–Kier alpha value is -0.520. The zero-order valence-electron chi connectivity index (χ0n) is 11.6. The number of benzene rings is 1. The lowest BCUT2D eigenvalue weighted by atomic mass is 10.1. The van der Waals surface area contributed by atoms with Crippen molar-refractivity contribution in [2.24, 2.45) is 0 Å². The van der Waals surface area contributed by atoms with Gasteiger partial charge in [-0.2, -0.15) is 11.8 Å². The van der Waals surface area contributed by atoms with E-state index in [9.17, 15) is 4.79 Å². The average molecular weight is 358 g/mol. The highest BCUT2D eigenvalue weighted by atomic mass is 79.9. The second kappa shape index (κ2) is 7.48. The topological polar surface area (TPSA) is 49.3 Å². The fourth-order valence-electron chi connectivity index (χ4n) is 2.64. The minimum atomic E-state index is -0.889. The molecule has 2 atom stereocenters. The number of carboxylic acid groups (broad SMARTS) is 1. The fraction of sp³-hybridized carbons (Fsp3) is 0.533. The van der Waals surface area contributed by atoms with Crippen LogP contribution in [-0.2, 0) is 6.54 Å². The molecule has 0 spiro atoms. The number of hydrogen-bond donors (Lipinski definition) is 2. The van der Waals surface area contributed by atoms with Crippen molar-refractivity contribution in [3.8, 4) is 0 Å². The maximum absolute atomic E-state index is 10.9. The van der Waals surface area contributed by atoms with Crippen LogP contribution in [-0.4, -0.2) is 28.1 Å². The highest BCUT2D eigenvalue weighted by Gasteiger charge is 2.26. The van der Waals surface area contributed by atoms with Gasteiger partial charge in [0.15, 0.2) is 0 Å². The Kier molecular flexibility index (Phi) is 5.93. The molecule has 1 saturated carbocycles.